The van der Waals surface area contributed by atoms with Gasteiger partial charge in [-0.25, -0.2) is 4.79 Å². The lowest BCUT2D eigenvalue weighted by molar-refractivity contribution is -0.150. The molecule has 1 aliphatic heterocycles. The Labute approximate surface area is 149 Å². The molecule has 0 saturated heterocycles. The summed E-state index contributed by atoms with van der Waals surface area (Å²) in [7, 11) is 0. The lowest BCUT2D eigenvalue weighted by Crippen LogP contribution is -2.27. The van der Waals surface area contributed by atoms with Crippen molar-refractivity contribution in [2.75, 3.05) is 6.61 Å². The SMILES string of the molecule is CCOC(=O)C1Cc2cc(Cc3ccc(O)cc3)c(Cl)c(Cl)c2O1. The van der Waals surface area contributed by atoms with Gasteiger partial charge in [0.2, 0.25) is 0 Å². The summed E-state index contributed by atoms with van der Waals surface area (Å²) in [5.74, 6) is 0.262. The van der Waals surface area contributed by atoms with Gasteiger partial charge in [-0.15, -0.1) is 0 Å². The average molecular weight is 367 g/mol. The highest BCUT2D eigenvalue weighted by Gasteiger charge is 2.33. The first-order valence-electron chi connectivity index (χ1n) is 7.60. The van der Waals surface area contributed by atoms with Crippen molar-refractivity contribution >= 4 is 29.2 Å². The summed E-state index contributed by atoms with van der Waals surface area (Å²) >= 11 is 12.7. The molecule has 0 aromatic heterocycles. The predicted molar refractivity (Wildman–Crippen MR) is 92.1 cm³/mol. The summed E-state index contributed by atoms with van der Waals surface area (Å²) in [6, 6.07) is 8.81. The van der Waals surface area contributed by atoms with Crippen molar-refractivity contribution < 1.29 is 19.4 Å². The van der Waals surface area contributed by atoms with E-state index in [1.165, 1.54) is 0 Å². The van der Waals surface area contributed by atoms with Crippen LogP contribution in [0.25, 0.3) is 0 Å². The number of esters is 1. The van der Waals surface area contributed by atoms with Crippen LogP contribution in [0.2, 0.25) is 10.0 Å². The normalized spacial score (nSPS) is 15.7. The van der Waals surface area contributed by atoms with Crippen LogP contribution in [0.1, 0.15) is 23.6 Å². The number of phenolic OH excluding ortho intramolecular Hbond substituents is 1. The minimum Gasteiger partial charge on any atom is -0.508 e. The van der Waals surface area contributed by atoms with Gasteiger partial charge in [-0.05, 0) is 36.6 Å². The molecule has 126 valence electrons. The van der Waals surface area contributed by atoms with Crippen molar-refractivity contribution in [3.63, 3.8) is 0 Å². The van der Waals surface area contributed by atoms with Crippen molar-refractivity contribution in [2.45, 2.75) is 25.9 Å². The number of phenols is 1. The van der Waals surface area contributed by atoms with E-state index in [4.69, 9.17) is 32.7 Å². The third kappa shape index (κ3) is 3.30. The molecule has 0 spiro atoms. The van der Waals surface area contributed by atoms with Crippen LogP contribution in [0.4, 0.5) is 0 Å². The molecule has 0 saturated carbocycles. The second kappa shape index (κ2) is 6.91. The average Bonchev–Trinajstić information content (AvgIpc) is 2.99. The Balaban J connectivity index is 1.87. The minimum absolute atomic E-state index is 0.211. The first-order valence-corrected chi connectivity index (χ1v) is 8.36. The number of carbonyl (C=O) groups is 1. The largest absolute Gasteiger partial charge is 0.508 e. The number of halogens is 2. The molecule has 1 unspecified atom stereocenters. The van der Waals surface area contributed by atoms with Crippen LogP contribution in [0.15, 0.2) is 30.3 Å². The van der Waals surface area contributed by atoms with E-state index >= 15 is 0 Å². The lowest BCUT2D eigenvalue weighted by Gasteiger charge is -2.11. The molecule has 3 rings (SSSR count). The van der Waals surface area contributed by atoms with E-state index in [1.807, 2.05) is 18.2 Å². The molecule has 4 nitrogen and oxygen atoms in total. The Bertz CT molecular complexity index is 772. The smallest absolute Gasteiger partial charge is 0.347 e. The summed E-state index contributed by atoms with van der Waals surface area (Å²) in [4.78, 5) is 11.9. The molecule has 6 heteroatoms. The van der Waals surface area contributed by atoms with Gasteiger partial charge in [0.25, 0.3) is 0 Å². The molecule has 1 heterocycles. The van der Waals surface area contributed by atoms with Gasteiger partial charge in [0.05, 0.1) is 11.6 Å². The van der Waals surface area contributed by atoms with Gasteiger partial charge >= 0.3 is 5.97 Å². The van der Waals surface area contributed by atoms with Gasteiger partial charge in [-0.3, -0.25) is 0 Å². The van der Waals surface area contributed by atoms with Crippen LogP contribution in [0.5, 0.6) is 11.5 Å². The molecular weight excluding hydrogens is 351 g/mol. The highest BCUT2D eigenvalue weighted by atomic mass is 35.5. The first kappa shape index (κ1) is 16.9. The van der Waals surface area contributed by atoms with Gasteiger partial charge in [0.15, 0.2) is 6.10 Å². The summed E-state index contributed by atoms with van der Waals surface area (Å²) < 4.78 is 10.6. The zero-order valence-corrected chi connectivity index (χ0v) is 14.5. The molecule has 1 N–H and O–H groups in total. The van der Waals surface area contributed by atoms with E-state index in [0.717, 1.165) is 16.7 Å². The number of aromatic hydroxyl groups is 1. The second-order valence-corrected chi connectivity index (χ2v) is 6.31. The maximum absolute atomic E-state index is 11.9. The van der Waals surface area contributed by atoms with Crippen LogP contribution in [0.3, 0.4) is 0 Å². The van der Waals surface area contributed by atoms with E-state index in [2.05, 4.69) is 0 Å². The maximum Gasteiger partial charge on any atom is 0.347 e. The van der Waals surface area contributed by atoms with Crippen LogP contribution in [-0.2, 0) is 22.4 Å². The molecule has 0 aliphatic carbocycles. The molecule has 0 bridgehead atoms. The van der Waals surface area contributed by atoms with E-state index in [9.17, 15) is 9.90 Å². The maximum atomic E-state index is 11.9. The van der Waals surface area contributed by atoms with Crippen molar-refractivity contribution in [2.24, 2.45) is 0 Å². The van der Waals surface area contributed by atoms with Crippen molar-refractivity contribution in [3.05, 3.63) is 57.1 Å². The lowest BCUT2D eigenvalue weighted by atomic mass is 10.0. The highest BCUT2D eigenvalue weighted by Crippen LogP contribution is 2.43. The molecule has 24 heavy (non-hydrogen) atoms. The second-order valence-electron chi connectivity index (χ2n) is 5.56. The fourth-order valence-corrected chi connectivity index (χ4v) is 3.21. The molecule has 1 atom stereocenters. The van der Waals surface area contributed by atoms with Crippen LogP contribution in [0, 0.1) is 0 Å². The first-order chi connectivity index (χ1) is 11.5. The fraction of sp³-hybridized carbons (Fsp3) is 0.278. The van der Waals surface area contributed by atoms with Gasteiger partial charge in [0.1, 0.15) is 16.5 Å². The number of ether oxygens (including phenoxy) is 2. The van der Waals surface area contributed by atoms with Crippen molar-refractivity contribution in [1.82, 2.24) is 0 Å². The third-order valence-corrected chi connectivity index (χ3v) is 4.75. The zero-order chi connectivity index (χ0) is 17.3. The van der Waals surface area contributed by atoms with Gasteiger partial charge in [0, 0.05) is 12.0 Å². The third-order valence-electron chi connectivity index (χ3n) is 3.86. The predicted octanol–water partition coefficient (Wildman–Crippen LogP) is 4.16. The highest BCUT2D eigenvalue weighted by molar-refractivity contribution is 6.43. The monoisotopic (exact) mass is 366 g/mol. The molecule has 1 aliphatic rings. The van der Waals surface area contributed by atoms with Crippen LogP contribution in [-0.4, -0.2) is 23.8 Å². The Morgan fingerprint density at radius 2 is 2.00 bits per heavy atom. The van der Waals surface area contributed by atoms with E-state index in [0.29, 0.717) is 35.2 Å². The summed E-state index contributed by atoms with van der Waals surface area (Å²) in [5.41, 5.74) is 2.68. The van der Waals surface area contributed by atoms with Crippen molar-refractivity contribution in [1.29, 1.82) is 0 Å². The molecule has 0 amide bonds. The number of benzene rings is 2. The van der Waals surface area contributed by atoms with Crippen LogP contribution < -0.4 is 4.74 Å². The minimum atomic E-state index is -0.683. The molecule has 2 aromatic carbocycles. The van der Waals surface area contributed by atoms with Crippen molar-refractivity contribution in [3.8, 4) is 11.5 Å². The molecule has 2 aromatic rings. The molecule has 0 fully saturated rings. The Hall–Kier alpha value is -1.91. The Kier molecular flexibility index (Phi) is 4.88. The Morgan fingerprint density at radius 1 is 1.29 bits per heavy atom. The van der Waals surface area contributed by atoms with Crippen LogP contribution >= 0.6 is 23.2 Å². The molecule has 0 radical (unpaired) electrons. The number of hydrogen-bond donors (Lipinski definition) is 1. The fourth-order valence-electron chi connectivity index (χ4n) is 2.71. The zero-order valence-electron chi connectivity index (χ0n) is 13.0. The molecular formula is C18H16Cl2O4. The van der Waals surface area contributed by atoms with E-state index in [-0.39, 0.29) is 5.75 Å². The van der Waals surface area contributed by atoms with E-state index < -0.39 is 12.1 Å². The number of rotatable bonds is 4. The number of carbonyl (C=O) groups excluding carboxylic acids is 1. The summed E-state index contributed by atoms with van der Waals surface area (Å²) in [6.07, 6.45) is 0.293. The summed E-state index contributed by atoms with van der Waals surface area (Å²) in [6.45, 7) is 2.05. The quantitative estimate of drug-likeness (QED) is 0.825. The summed E-state index contributed by atoms with van der Waals surface area (Å²) in [5, 5.41) is 10.1. The standard InChI is InChI=1S/C18H16Cl2O4/c1-2-23-18(22)14-9-12-8-11(15(19)16(20)17(12)24-14)7-10-3-5-13(21)6-4-10/h3-6,8,14,21H,2,7,9H2,1H3. The van der Waals surface area contributed by atoms with Gasteiger partial charge in [-0.1, -0.05) is 41.4 Å². The van der Waals surface area contributed by atoms with Gasteiger partial charge < -0.3 is 14.6 Å². The van der Waals surface area contributed by atoms with Gasteiger partial charge in [-0.2, -0.15) is 0 Å². The number of fused-ring (bicyclic) bond motifs is 1. The van der Waals surface area contributed by atoms with E-state index in [1.54, 1.807) is 19.1 Å². The number of hydrogen-bond acceptors (Lipinski definition) is 4. The topological polar surface area (TPSA) is 55.8 Å². The Morgan fingerprint density at radius 3 is 2.67 bits per heavy atom.